The number of esters is 2. The summed E-state index contributed by atoms with van der Waals surface area (Å²) in [5, 5.41) is 0. The molecule has 0 atom stereocenters. The molecule has 1 aromatic carbocycles. The van der Waals surface area contributed by atoms with Gasteiger partial charge in [-0.3, -0.25) is 0 Å². The number of carbonyl (C=O) groups excluding carboxylic acids is 2. The van der Waals surface area contributed by atoms with E-state index in [0.29, 0.717) is 5.75 Å². The molecule has 146 valence electrons. The van der Waals surface area contributed by atoms with Crippen molar-refractivity contribution < 1.29 is 19.1 Å². The zero-order chi connectivity index (χ0) is 20.5. The summed E-state index contributed by atoms with van der Waals surface area (Å²) in [6, 6.07) is 4.17. The lowest BCUT2D eigenvalue weighted by molar-refractivity contribution is -0.162. The second-order valence-electron chi connectivity index (χ2n) is 9.76. The molecule has 0 saturated heterocycles. The van der Waals surface area contributed by atoms with E-state index in [-0.39, 0.29) is 22.9 Å². The standard InChI is InChI=1S/C22H34O4/c1-11-25-18(23)19(24)26-17-15(21(5,6)7)12-14(20(2,3)4)13-16(17)22(8,9)10/h12-13H,11H2,1-10H3. The highest BCUT2D eigenvalue weighted by molar-refractivity contribution is 6.30. The van der Waals surface area contributed by atoms with Gasteiger partial charge in [-0.05, 0) is 28.7 Å². The summed E-state index contributed by atoms with van der Waals surface area (Å²) in [6.45, 7) is 20.7. The van der Waals surface area contributed by atoms with Gasteiger partial charge in [-0.15, -0.1) is 0 Å². The van der Waals surface area contributed by atoms with Gasteiger partial charge in [0.25, 0.3) is 0 Å². The lowest BCUT2D eigenvalue weighted by Crippen LogP contribution is -2.28. The monoisotopic (exact) mass is 362 g/mol. The van der Waals surface area contributed by atoms with E-state index in [4.69, 9.17) is 9.47 Å². The van der Waals surface area contributed by atoms with Gasteiger partial charge in [-0.2, -0.15) is 0 Å². The maximum Gasteiger partial charge on any atom is 0.422 e. The number of benzene rings is 1. The molecule has 1 rings (SSSR count). The van der Waals surface area contributed by atoms with Gasteiger partial charge in [0, 0.05) is 11.1 Å². The van der Waals surface area contributed by atoms with E-state index in [1.54, 1.807) is 6.92 Å². The van der Waals surface area contributed by atoms with E-state index in [1.807, 2.05) is 0 Å². The SMILES string of the molecule is CCOC(=O)C(=O)Oc1c(C(C)(C)C)cc(C(C)(C)C)cc1C(C)(C)C. The van der Waals surface area contributed by atoms with Crippen molar-refractivity contribution in [1.29, 1.82) is 0 Å². The van der Waals surface area contributed by atoms with Crippen LogP contribution < -0.4 is 4.74 Å². The quantitative estimate of drug-likeness (QED) is 0.420. The van der Waals surface area contributed by atoms with Crippen molar-refractivity contribution >= 4 is 11.9 Å². The molecule has 4 heteroatoms. The molecule has 0 fully saturated rings. The van der Waals surface area contributed by atoms with Gasteiger partial charge < -0.3 is 9.47 Å². The molecule has 0 N–H and O–H groups in total. The molecule has 0 bridgehead atoms. The number of hydrogen-bond acceptors (Lipinski definition) is 4. The molecule has 0 unspecified atom stereocenters. The van der Waals surface area contributed by atoms with Crippen LogP contribution in [0, 0.1) is 0 Å². The summed E-state index contributed by atoms with van der Waals surface area (Å²) < 4.78 is 10.4. The minimum absolute atomic E-state index is 0.0519. The van der Waals surface area contributed by atoms with Crippen molar-refractivity contribution in [2.24, 2.45) is 0 Å². The summed E-state index contributed by atoms with van der Waals surface area (Å²) >= 11 is 0. The third-order valence-electron chi connectivity index (χ3n) is 4.21. The third-order valence-corrected chi connectivity index (χ3v) is 4.21. The van der Waals surface area contributed by atoms with Gasteiger partial charge in [0.2, 0.25) is 0 Å². The van der Waals surface area contributed by atoms with Crippen LogP contribution in [0.5, 0.6) is 5.75 Å². The zero-order valence-electron chi connectivity index (χ0n) is 18.0. The van der Waals surface area contributed by atoms with E-state index in [9.17, 15) is 9.59 Å². The highest BCUT2D eigenvalue weighted by Gasteiger charge is 2.32. The van der Waals surface area contributed by atoms with Crippen molar-refractivity contribution in [2.75, 3.05) is 6.61 Å². The first-order chi connectivity index (χ1) is 11.6. The summed E-state index contributed by atoms with van der Waals surface area (Å²) in [7, 11) is 0. The van der Waals surface area contributed by atoms with Gasteiger partial charge in [0.15, 0.2) is 0 Å². The molecule has 4 nitrogen and oxygen atoms in total. The third kappa shape index (κ3) is 5.33. The van der Waals surface area contributed by atoms with Crippen LogP contribution in [0.3, 0.4) is 0 Å². The van der Waals surface area contributed by atoms with Crippen molar-refractivity contribution in [3.8, 4) is 5.75 Å². The molecule has 0 aliphatic rings. The average molecular weight is 363 g/mol. The maximum absolute atomic E-state index is 12.2. The summed E-state index contributed by atoms with van der Waals surface area (Å²) in [5.74, 6) is -1.48. The highest BCUT2D eigenvalue weighted by atomic mass is 16.6. The Kier molecular flexibility index (Phi) is 6.33. The van der Waals surface area contributed by atoms with Crippen LogP contribution in [0.2, 0.25) is 0 Å². The predicted octanol–water partition coefficient (Wildman–Crippen LogP) is 5.05. The maximum atomic E-state index is 12.2. The first-order valence-electron chi connectivity index (χ1n) is 9.17. The Morgan fingerprint density at radius 1 is 0.769 bits per heavy atom. The molecular weight excluding hydrogens is 328 g/mol. The number of carbonyl (C=O) groups is 2. The van der Waals surface area contributed by atoms with Crippen LogP contribution in [0.25, 0.3) is 0 Å². The Hall–Kier alpha value is -1.84. The van der Waals surface area contributed by atoms with Gasteiger partial charge in [-0.25, -0.2) is 9.59 Å². The van der Waals surface area contributed by atoms with E-state index >= 15 is 0 Å². The number of rotatable bonds is 2. The molecule has 0 aromatic heterocycles. The lowest BCUT2D eigenvalue weighted by Gasteiger charge is -2.32. The fourth-order valence-electron chi connectivity index (χ4n) is 2.61. The largest absolute Gasteiger partial charge is 0.458 e. The van der Waals surface area contributed by atoms with Crippen LogP contribution in [-0.2, 0) is 30.6 Å². The molecular formula is C22H34O4. The van der Waals surface area contributed by atoms with E-state index in [2.05, 4.69) is 74.4 Å². The van der Waals surface area contributed by atoms with Crippen LogP contribution in [-0.4, -0.2) is 18.5 Å². The fourth-order valence-corrected chi connectivity index (χ4v) is 2.61. The first-order valence-corrected chi connectivity index (χ1v) is 9.17. The van der Waals surface area contributed by atoms with Crippen molar-refractivity contribution in [3.63, 3.8) is 0 Å². The number of ether oxygens (including phenoxy) is 2. The van der Waals surface area contributed by atoms with Crippen molar-refractivity contribution in [2.45, 2.75) is 85.5 Å². The smallest absolute Gasteiger partial charge is 0.422 e. The van der Waals surface area contributed by atoms with E-state index in [0.717, 1.165) is 11.1 Å². The van der Waals surface area contributed by atoms with Crippen molar-refractivity contribution in [3.05, 3.63) is 28.8 Å². The summed E-state index contributed by atoms with van der Waals surface area (Å²) in [5.41, 5.74) is 2.42. The first kappa shape index (κ1) is 22.2. The summed E-state index contributed by atoms with van der Waals surface area (Å²) in [6.07, 6.45) is 0. The molecule has 0 spiro atoms. The lowest BCUT2D eigenvalue weighted by atomic mass is 9.74. The van der Waals surface area contributed by atoms with E-state index in [1.165, 1.54) is 5.56 Å². The molecule has 0 aliphatic heterocycles. The Balaban J connectivity index is 3.69. The minimum atomic E-state index is -0.980. The Labute approximate surface area is 158 Å². The van der Waals surface area contributed by atoms with E-state index < -0.39 is 11.9 Å². The molecule has 1 aromatic rings. The second-order valence-corrected chi connectivity index (χ2v) is 9.76. The molecule has 0 saturated carbocycles. The fraction of sp³-hybridized carbons (Fsp3) is 0.636. The topological polar surface area (TPSA) is 52.6 Å². The molecule has 26 heavy (non-hydrogen) atoms. The van der Waals surface area contributed by atoms with Crippen LogP contribution in [0.15, 0.2) is 12.1 Å². The van der Waals surface area contributed by atoms with Gasteiger partial charge >= 0.3 is 11.9 Å². The Morgan fingerprint density at radius 3 is 1.50 bits per heavy atom. The van der Waals surface area contributed by atoms with Crippen LogP contribution in [0.4, 0.5) is 0 Å². The second kappa shape index (κ2) is 7.42. The van der Waals surface area contributed by atoms with Crippen LogP contribution in [0.1, 0.15) is 85.9 Å². The Bertz CT molecular complexity index is 645. The highest BCUT2D eigenvalue weighted by Crippen LogP contribution is 2.43. The van der Waals surface area contributed by atoms with Gasteiger partial charge in [0.1, 0.15) is 5.75 Å². The molecule has 0 aliphatic carbocycles. The number of hydrogen-bond donors (Lipinski definition) is 0. The summed E-state index contributed by atoms with van der Waals surface area (Å²) in [4.78, 5) is 24.0. The molecule has 0 amide bonds. The zero-order valence-corrected chi connectivity index (χ0v) is 18.0. The average Bonchev–Trinajstić information content (AvgIpc) is 2.43. The normalized spacial score (nSPS) is 12.7. The van der Waals surface area contributed by atoms with Gasteiger partial charge in [0.05, 0.1) is 6.61 Å². The predicted molar refractivity (Wildman–Crippen MR) is 105 cm³/mol. The Morgan fingerprint density at radius 2 is 1.19 bits per heavy atom. The van der Waals surface area contributed by atoms with Gasteiger partial charge in [-0.1, -0.05) is 74.4 Å². The van der Waals surface area contributed by atoms with Crippen molar-refractivity contribution in [1.82, 2.24) is 0 Å². The molecule has 0 heterocycles. The van der Waals surface area contributed by atoms with Crippen LogP contribution >= 0.6 is 0 Å². The molecule has 0 radical (unpaired) electrons. The minimum Gasteiger partial charge on any atom is -0.458 e.